The molecule has 140 valence electrons. The predicted octanol–water partition coefficient (Wildman–Crippen LogP) is 1.61. The highest BCUT2D eigenvalue weighted by Crippen LogP contribution is 2.15. The molecule has 0 spiro atoms. The highest BCUT2D eigenvalue weighted by molar-refractivity contribution is 7.91. The van der Waals surface area contributed by atoms with Crippen LogP contribution in [0.25, 0.3) is 0 Å². The molecule has 0 saturated heterocycles. The minimum absolute atomic E-state index is 0.112. The second kappa shape index (κ2) is 9.32. The zero-order valence-electron chi connectivity index (χ0n) is 13.9. The Kier molecular flexibility index (Phi) is 7.13. The molecule has 0 saturated carbocycles. The number of hydrogen-bond acceptors (Lipinski definition) is 7. The van der Waals surface area contributed by atoms with Crippen LogP contribution >= 0.6 is 11.3 Å². The van der Waals surface area contributed by atoms with Gasteiger partial charge in [-0.3, -0.25) is 9.59 Å². The van der Waals surface area contributed by atoms with E-state index in [1.165, 1.54) is 13.2 Å². The zero-order chi connectivity index (χ0) is 19.0. The van der Waals surface area contributed by atoms with Crippen molar-refractivity contribution < 1.29 is 27.5 Å². The maximum atomic E-state index is 11.9. The fourth-order valence-corrected chi connectivity index (χ4v) is 3.93. The molecule has 8 nitrogen and oxygen atoms in total. The van der Waals surface area contributed by atoms with Gasteiger partial charge in [0, 0.05) is 12.2 Å². The summed E-state index contributed by atoms with van der Waals surface area (Å²) in [4.78, 5) is 23.3. The number of methoxy groups -OCH3 is 1. The molecule has 0 aliphatic heterocycles. The topological polar surface area (TPSA) is 111 Å². The first-order valence-corrected chi connectivity index (χ1v) is 9.90. The van der Waals surface area contributed by atoms with E-state index in [1.807, 2.05) is 0 Å². The lowest BCUT2D eigenvalue weighted by Gasteiger charge is -2.08. The molecule has 0 fully saturated rings. The van der Waals surface area contributed by atoms with Gasteiger partial charge in [0.1, 0.15) is 9.96 Å². The van der Waals surface area contributed by atoms with Gasteiger partial charge in [0.2, 0.25) is 10.0 Å². The van der Waals surface area contributed by atoms with Crippen molar-refractivity contribution in [3.05, 3.63) is 41.8 Å². The van der Waals surface area contributed by atoms with Gasteiger partial charge in [-0.05, 0) is 35.7 Å². The maximum Gasteiger partial charge on any atom is 0.307 e. The van der Waals surface area contributed by atoms with Gasteiger partial charge in [-0.2, -0.15) is 0 Å². The van der Waals surface area contributed by atoms with Crippen molar-refractivity contribution in [2.45, 2.75) is 10.6 Å². The number of hydrogen-bond donors (Lipinski definition) is 2. The number of thiophene rings is 1. The third-order valence-corrected chi connectivity index (χ3v) is 5.98. The third-order valence-electron chi connectivity index (χ3n) is 3.12. The molecular weight excluding hydrogens is 380 g/mol. The Balaban J connectivity index is 1.68. The first-order chi connectivity index (χ1) is 12.4. The van der Waals surface area contributed by atoms with Crippen LogP contribution in [-0.4, -0.2) is 40.6 Å². The summed E-state index contributed by atoms with van der Waals surface area (Å²) in [5.74, 6) is -0.522. The number of carbonyl (C=O) groups excluding carboxylic acids is 2. The molecule has 26 heavy (non-hydrogen) atoms. The van der Waals surface area contributed by atoms with E-state index in [9.17, 15) is 18.0 Å². The standard InChI is InChI=1S/C16H18N2O6S2/c1-23-13-6-4-12(5-7-13)18-14(19)11-24-15(20)8-9-17-26(21,22)16-3-2-10-25-16/h2-7,10,17H,8-9,11H2,1H3,(H,18,19). The minimum Gasteiger partial charge on any atom is -0.497 e. The number of ether oxygens (including phenoxy) is 2. The van der Waals surface area contributed by atoms with E-state index in [4.69, 9.17) is 9.47 Å². The van der Waals surface area contributed by atoms with E-state index in [2.05, 4.69) is 10.0 Å². The second-order valence-electron chi connectivity index (χ2n) is 5.02. The van der Waals surface area contributed by atoms with Crippen molar-refractivity contribution in [1.29, 1.82) is 0 Å². The summed E-state index contributed by atoms with van der Waals surface area (Å²) in [7, 11) is -2.08. The van der Waals surface area contributed by atoms with Crippen LogP contribution in [0.4, 0.5) is 5.69 Å². The molecule has 2 N–H and O–H groups in total. The van der Waals surface area contributed by atoms with E-state index in [-0.39, 0.29) is 17.2 Å². The summed E-state index contributed by atoms with van der Waals surface area (Å²) in [5.41, 5.74) is 0.538. The SMILES string of the molecule is COc1ccc(NC(=O)COC(=O)CCNS(=O)(=O)c2cccs2)cc1. The molecule has 0 radical (unpaired) electrons. The number of benzene rings is 1. The smallest absolute Gasteiger partial charge is 0.307 e. The number of anilines is 1. The lowest BCUT2D eigenvalue weighted by Crippen LogP contribution is -2.27. The average molecular weight is 398 g/mol. The Morgan fingerprint density at radius 1 is 1.15 bits per heavy atom. The van der Waals surface area contributed by atoms with Crippen LogP contribution in [-0.2, 0) is 24.3 Å². The van der Waals surface area contributed by atoms with E-state index < -0.39 is 28.5 Å². The maximum absolute atomic E-state index is 11.9. The number of nitrogens with one attached hydrogen (secondary N) is 2. The highest BCUT2D eigenvalue weighted by atomic mass is 32.2. The van der Waals surface area contributed by atoms with Gasteiger partial charge >= 0.3 is 5.97 Å². The van der Waals surface area contributed by atoms with E-state index in [0.29, 0.717) is 11.4 Å². The van der Waals surface area contributed by atoms with Gasteiger partial charge in [0.25, 0.3) is 5.91 Å². The Bertz CT molecular complexity index is 832. The molecule has 0 bridgehead atoms. The largest absolute Gasteiger partial charge is 0.497 e. The Hall–Kier alpha value is -2.43. The highest BCUT2D eigenvalue weighted by Gasteiger charge is 2.15. The molecule has 1 heterocycles. The summed E-state index contributed by atoms with van der Waals surface area (Å²) in [6, 6.07) is 9.75. The molecule has 1 aromatic heterocycles. The quantitative estimate of drug-likeness (QED) is 0.621. The van der Waals surface area contributed by atoms with Gasteiger partial charge in [-0.15, -0.1) is 11.3 Å². The summed E-state index contributed by atoms with van der Waals surface area (Å²) in [6.45, 7) is -0.568. The minimum atomic E-state index is -3.62. The van der Waals surface area contributed by atoms with E-state index >= 15 is 0 Å². The molecule has 2 aromatic rings. The molecule has 10 heteroatoms. The number of esters is 1. The summed E-state index contributed by atoms with van der Waals surface area (Å²) in [5, 5.41) is 4.21. The molecule has 0 unspecified atom stereocenters. The van der Waals surface area contributed by atoms with Crippen LogP contribution in [0.5, 0.6) is 5.75 Å². The van der Waals surface area contributed by atoms with Crippen molar-refractivity contribution in [3.63, 3.8) is 0 Å². The van der Waals surface area contributed by atoms with E-state index in [0.717, 1.165) is 11.3 Å². The van der Waals surface area contributed by atoms with Crippen molar-refractivity contribution in [1.82, 2.24) is 4.72 Å². The summed E-state index contributed by atoms with van der Waals surface area (Å²) in [6.07, 6.45) is -0.180. The van der Waals surface area contributed by atoms with Gasteiger partial charge in [0.05, 0.1) is 13.5 Å². The number of amides is 1. The predicted molar refractivity (Wildman–Crippen MR) is 96.7 cm³/mol. The van der Waals surface area contributed by atoms with Gasteiger partial charge in [-0.1, -0.05) is 6.07 Å². The van der Waals surface area contributed by atoms with Crippen molar-refractivity contribution in [2.75, 3.05) is 25.6 Å². The summed E-state index contributed by atoms with van der Waals surface area (Å²) < 4.78 is 36.0. The van der Waals surface area contributed by atoms with E-state index in [1.54, 1.807) is 35.7 Å². The molecule has 2 rings (SSSR count). The normalized spacial score (nSPS) is 11.0. The number of rotatable bonds is 9. The Morgan fingerprint density at radius 2 is 1.88 bits per heavy atom. The van der Waals surface area contributed by atoms with Crippen LogP contribution in [0.1, 0.15) is 6.42 Å². The van der Waals surface area contributed by atoms with Crippen LogP contribution in [0, 0.1) is 0 Å². The van der Waals surface area contributed by atoms with Crippen LogP contribution in [0.15, 0.2) is 46.0 Å². The molecule has 0 aliphatic carbocycles. The Morgan fingerprint density at radius 3 is 2.50 bits per heavy atom. The molecular formula is C16H18N2O6S2. The molecule has 0 aliphatic rings. The van der Waals surface area contributed by atoms with Gasteiger partial charge in [0.15, 0.2) is 6.61 Å². The Labute approximate surface area is 155 Å². The molecule has 0 atom stereocenters. The van der Waals surface area contributed by atoms with Crippen LogP contribution < -0.4 is 14.8 Å². The first-order valence-electron chi connectivity index (χ1n) is 7.53. The first kappa shape index (κ1) is 19.9. The van der Waals surface area contributed by atoms with Crippen molar-refractivity contribution >= 4 is 38.9 Å². The fourth-order valence-electron chi connectivity index (χ4n) is 1.86. The fraction of sp³-hybridized carbons (Fsp3) is 0.250. The lowest BCUT2D eigenvalue weighted by atomic mass is 10.3. The van der Waals surface area contributed by atoms with Crippen molar-refractivity contribution in [2.24, 2.45) is 0 Å². The average Bonchev–Trinajstić information content (AvgIpc) is 3.16. The second-order valence-corrected chi connectivity index (χ2v) is 7.96. The monoisotopic (exact) mass is 398 g/mol. The zero-order valence-corrected chi connectivity index (χ0v) is 15.6. The third kappa shape index (κ3) is 6.14. The molecule has 1 amide bonds. The number of carbonyl (C=O) groups is 2. The van der Waals surface area contributed by atoms with Gasteiger partial charge in [-0.25, -0.2) is 13.1 Å². The van der Waals surface area contributed by atoms with Crippen LogP contribution in [0.2, 0.25) is 0 Å². The lowest BCUT2D eigenvalue weighted by molar-refractivity contribution is -0.147. The number of sulfonamides is 1. The van der Waals surface area contributed by atoms with Crippen molar-refractivity contribution in [3.8, 4) is 5.75 Å². The summed E-state index contributed by atoms with van der Waals surface area (Å²) >= 11 is 1.08. The van der Waals surface area contributed by atoms with Crippen LogP contribution in [0.3, 0.4) is 0 Å². The van der Waals surface area contributed by atoms with Gasteiger partial charge < -0.3 is 14.8 Å². The molecule has 1 aromatic carbocycles.